The molecule has 0 aliphatic carbocycles. The quantitative estimate of drug-likeness (QED) is 0.398. The van der Waals surface area contributed by atoms with Gasteiger partial charge in [0, 0.05) is 14.2 Å². The minimum Gasteiger partial charge on any atom is -0.450 e. The average molecular weight is 168 g/mol. The van der Waals surface area contributed by atoms with Crippen LogP contribution < -0.4 is 0 Å². The fourth-order valence-electron chi connectivity index (χ4n) is 0. The summed E-state index contributed by atoms with van der Waals surface area (Å²) < 4.78 is 0. The third kappa shape index (κ3) is 375. The zero-order valence-electron chi connectivity index (χ0n) is 6.98. The lowest BCUT2D eigenvalue weighted by molar-refractivity contribution is 0.137. The summed E-state index contributed by atoms with van der Waals surface area (Å²) in [4.78, 5) is 8.56. The van der Waals surface area contributed by atoms with Crippen molar-refractivity contribution in [2.24, 2.45) is 0 Å². The molecule has 0 unspecified atom stereocenters. The number of allylic oxidation sites excluding steroid dienone is 1. The van der Waals surface area contributed by atoms with Crippen molar-refractivity contribution in [2.75, 3.05) is 14.2 Å². The molecule has 0 rings (SSSR count). The standard InChI is InChI=1S/C3H6.CH2O3.2CH4O/c1-3-2;2-1(3)4;2*1-2/h3H,1H2,2H3;(H2,2,3,4);2*2H,1H3. The number of hydrogen-bond donors (Lipinski definition) is 4. The predicted molar refractivity (Wildman–Crippen MR) is 42.8 cm³/mol. The lowest BCUT2D eigenvalue weighted by atomic mass is 10.8. The maximum Gasteiger partial charge on any atom is 0.503 e. The first kappa shape index (κ1) is 22.5. The van der Waals surface area contributed by atoms with Crippen molar-refractivity contribution in [1.82, 2.24) is 0 Å². The number of rotatable bonds is 0. The van der Waals surface area contributed by atoms with Gasteiger partial charge in [0.25, 0.3) is 0 Å². The van der Waals surface area contributed by atoms with Crippen LogP contribution in [0.5, 0.6) is 0 Å². The molecule has 4 N–H and O–H groups in total. The van der Waals surface area contributed by atoms with E-state index in [1.807, 2.05) is 6.92 Å². The number of hydrogen-bond acceptors (Lipinski definition) is 3. The van der Waals surface area contributed by atoms with Crippen LogP contribution >= 0.6 is 0 Å². The highest BCUT2D eigenvalue weighted by molar-refractivity contribution is 5.53. The lowest BCUT2D eigenvalue weighted by Gasteiger charge is -1.60. The van der Waals surface area contributed by atoms with E-state index in [0.29, 0.717) is 0 Å². The average Bonchev–Trinajstić information content (AvgIpc) is 1.96. The van der Waals surface area contributed by atoms with Crippen molar-refractivity contribution in [3.8, 4) is 0 Å². The summed E-state index contributed by atoms with van der Waals surface area (Å²) in [6.07, 6.45) is -0.0833. The molecule has 0 saturated heterocycles. The van der Waals surface area contributed by atoms with Crippen molar-refractivity contribution < 1.29 is 25.2 Å². The van der Waals surface area contributed by atoms with Gasteiger partial charge in [0.2, 0.25) is 0 Å². The molecule has 11 heavy (non-hydrogen) atoms. The first-order valence-corrected chi connectivity index (χ1v) is 2.53. The second kappa shape index (κ2) is 65.4. The van der Waals surface area contributed by atoms with Gasteiger partial charge in [0.05, 0.1) is 0 Å². The Hall–Kier alpha value is -1.07. The van der Waals surface area contributed by atoms with Crippen molar-refractivity contribution >= 4 is 6.16 Å². The molecule has 0 heterocycles. The number of carbonyl (C=O) groups is 1. The second-order valence-corrected chi connectivity index (χ2v) is 0.691. The van der Waals surface area contributed by atoms with Crippen molar-refractivity contribution in [1.29, 1.82) is 0 Å². The summed E-state index contributed by atoms with van der Waals surface area (Å²) in [7, 11) is 2.00. The molecule has 0 bridgehead atoms. The first-order chi connectivity index (χ1) is 5.15. The van der Waals surface area contributed by atoms with E-state index in [4.69, 9.17) is 25.2 Å². The summed E-state index contributed by atoms with van der Waals surface area (Å²) >= 11 is 0. The predicted octanol–water partition coefficient (Wildman–Crippen LogP) is 0.632. The van der Waals surface area contributed by atoms with Crippen LogP contribution in [-0.2, 0) is 0 Å². The first-order valence-electron chi connectivity index (χ1n) is 2.53. The van der Waals surface area contributed by atoms with Crippen LogP contribution in [-0.4, -0.2) is 40.8 Å². The Bertz CT molecular complexity index is 58.0. The Morgan fingerprint density at radius 3 is 1.18 bits per heavy atom. The Balaban J connectivity index is -0.0000000315. The summed E-state index contributed by atoms with van der Waals surface area (Å²) in [6, 6.07) is 0. The molecule has 0 aliphatic heterocycles. The fourth-order valence-corrected chi connectivity index (χ4v) is 0. The monoisotopic (exact) mass is 168 g/mol. The van der Waals surface area contributed by atoms with E-state index in [1.165, 1.54) is 0 Å². The normalized spacial score (nSPS) is 4.45. The van der Waals surface area contributed by atoms with Crippen LogP contribution in [0.2, 0.25) is 0 Å². The molecule has 5 heteroatoms. The largest absolute Gasteiger partial charge is 0.503 e. The molecule has 0 spiro atoms. The van der Waals surface area contributed by atoms with Crippen molar-refractivity contribution in [3.63, 3.8) is 0 Å². The molecule has 70 valence electrons. The zero-order chi connectivity index (χ0) is 10.3. The van der Waals surface area contributed by atoms with Gasteiger partial charge in [0.15, 0.2) is 0 Å². The molecule has 5 nitrogen and oxygen atoms in total. The lowest BCUT2D eigenvalue weighted by Crippen LogP contribution is -1.81. The smallest absolute Gasteiger partial charge is 0.450 e. The van der Waals surface area contributed by atoms with Gasteiger partial charge in [-0.05, 0) is 6.92 Å². The van der Waals surface area contributed by atoms with E-state index in [9.17, 15) is 0 Å². The number of aliphatic hydroxyl groups is 2. The highest BCUT2D eigenvalue weighted by Gasteiger charge is 1.70. The van der Waals surface area contributed by atoms with Crippen LogP contribution in [0.3, 0.4) is 0 Å². The van der Waals surface area contributed by atoms with E-state index >= 15 is 0 Å². The molecule has 0 fully saturated rings. The van der Waals surface area contributed by atoms with E-state index in [-0.39, 0.29) is 0 Å². The molecule has 0 aliphatic rings. The Kier molecular flexibility index (Phi) is 134. The van der Waals surface area contributed by atoms with Gasteiger partial charge in [-0.15, -0.1) is 6.58 Å². The van der Waals surface area contributed by atoms with Gasteiger partial charge in [0.1, 0.15) is 0 Å². The summed E-state index contributed by atoms with van der Waals surface area (Å²) in [5.74, 6) is 0. The van der Waals surface area contributed by atoms with Gasteiger partial charge in [-0.3, -0.25) is 0 Å². The van der Waals surface area contributed by atoms with Crippen LogP contribution in [0.4, 0.5) is 4.79 Å². The minimum absolute atomic E-state index is 1.00. The van der Waals surface area contributed by atoms with Gasteiger partial charge in [-0.1, -0.05) is 6.08 Å². The molecule has 0 aromatic rings. The van der Waals surface area contributed by atoms with Gasteiger partial charge in [-0.2, -0.15) is 0 Å². The molecular formula is C6H16O5. The highest BCUT2D eigenvalue weighted by atomic mass is 16.6. The van der Waals surface area contributed by atoms with Gasteiger partial charge < -0.3 is 20.4 Å². The molecule has 0 aromatic carbocycles. The Morgan fingerprint density at radius 2 is 1.18 bits per heavy atom. The molecule has 0 saturated carbocycles. The molecule has 0 aromatic heterocycles. The Morgan fingerprint density at radius 1 is 1.18 bits per heavy atom. The summed E-state index contributed by atoms with van der Waals surface area (Å²) in [5.41, 5.74) is 0. The molecular weight excluding hydrogens is 152 g/mol. The third-order valence-corrected chi connectivity index (χ3v) is 0. The highest BCUT2D eigenvalue weighted by Crippen LogP contribution is 1.42. The Labute approximate surface area is 66.2 Å². The van der Waals surface area contributed by atoms with E-state index < -0.39 is 6.16 Å². The number of carboxylic acid groups (broad SMARTS) is 2. The molecule has 0 radical (unpaired) electrons. The maximum absolute atomic E-state index is 8.56. The summed E-state index contributed by atoms with van der Waals surface area (Å²) in [6.45, 7) is 5.25. The van der Waals surface area contributed by atoms with Gasteiger partial charge >= 0.3 is 6.16 Å². The topological polar surface area (TPSA) is 98.0 Å². The second-order valence-electron chi connectivity index (χ2n) is 0.691. The third-order valence-electron chi connectivity index (χ3n) is 0. The van der Waals surface area contributed by atoms with Crippen molar-refractivity contribution in [3.05, 3.63) is 12.7 Å². The van der Waals surface area contributed by atoms with Gasteiger partial charge in [-0.25, -0.2) is 4.79 Å². The summed E-state index contributed by atoms with van der Waals surface area (Å²) in [5, 5.41) is 27.9. The van der Waals surface area contributed by atoms with Crippen LogP contribution in [0.25, 0.3) is 0 Å². The van der Waals surface area contributed by atoms with Crippen LogP contribution in [0.15, 0.2) is 12.7 Å². The maximum atomic E-state index is 8.56. The van der Waals surface area contributed by atoms with E-state index in [2.05, 4.69) is 6.58 Å². The van der Waals surface area contributed by atoms with E-state index in [0.717, 1.165) is 14.2 Å². The molecule has 0 atom stereocenters. The zero-order valence-corrected chi connectivity index (χ0v) is 6.98. The van der Waals surface area contributed by atoms with E-state index in [1.54, 1.807) is 6.08 Å². The van der Waals surface area contributed by atoms with Crippen LogP contribution in [0.1, 0.15) is 6.92 Å². The fraction of sp³-hybridized carbons (Fsp3) is 0.500. The number of aliphatic hydroxyl groups excluding tert-OH is 2. The SMILES string of the molecule is C=CC.CO.CO.O=C(O)O. The van der Waals surface area contributed by atoms with Crippen molar-refractivity contribution in [2.45, 2.75) is 6.92 Å². The van der Waals surface area contributed by atoms with Crippen LogP contribution in [0, 0.1) is 0 Å². The minimum atomic E-state index is -1.83. The molecule has 0 amide bonds.